The van der Waals surface area contributed by atoms with Gasteiger partial charge >= 0.3 is 0 Å². The van der Waals surface area contributed by atoms with Gasteiger partial charge in [0.1, 0.15) is 18.1 Å². The van der Waals surface area contributed by atoms with E-state index in [4.69, 9.17) is 9.47 Å². The van der Waals surface area contributed by atoms with Crippen LogP contribution in [0.1, 0.15) is 21.6 Å². The van der Waals surface area contributed by atoms with Crippen LogP contribution in [0.25, 0.3) is 5.52 Å². The van der Waals surface area contributed by atoms with Gasteiger partial charge in [-0.3, -0.25) is 4.79 Å². The van der Waals surface area contributed by atoms with E-state index in [9.17, 15) is 4.79 Å². The topological polar surface area (TPSA) is 39.9 Å². The Morgan fingerprint density at radius 3 is 2.82 bits per heavy atom. The molecular weight excluding hydrogens is 278 g/mol. The van der Waals surface area contributed by atoms with Crippen LogP contribution in [0.3, 0.4) is 0 Å². The highest BCUT2D eigenvalue weighted by Gasteiger charge is 2.15. The molecule has 0 bridgehead atoms. The van der Waals surface area contributed by atoms with Crippen LogP contribution in [0.5, 0.6) is 11.5 Å². The molecule has 0 atom stereocenters. The summed E-state index contributed by atoms with van der Waals surface area (Å²) in [5.41, 5.74) is 3.38. The molecule has 0 saturated carbocycles. The first-order valence-corrected chi connectivity index (χ1v) is 7.05. The number of benzene rings is 1. The molecule has 4 nitrogen and oxygen atoms in total. The van der Waals surface area contributed by atoms with E-state index >= 15 is 0 Å². The third-order valence-corrected chi connectivity index (χ3v) is 3.71. The van der Waals surface area contributed by atoms with E-state index < -0.39 is 0 Å². The van der Waals surface area contributed by atoms with Crippen molar-refractivity contribution >= 4 is 11.8 Å². The number of aromatic nitrogens is 1. The van der Waals surface area contributed by atoms with E-state index in [0.29, 0.717) is 12.3 Å². The summed E-state index contributed by atoms with van der Waals surface area (Å²) in [5, 5.41) is 0. The van der Waals surface area contributed by atoms with Crippen molar-refractivity contribution < 1.29 is 14.3 Å². The first-order valence-electron chi connectivity index (χ1n) is 7.05. The highest BCUT2D eigenvalue weighted by Crippen LogP contribution is 2.30. The summed E-state index contributed by atoms with van der Waals surface area (Å²) >= 11 is 0. The fraction of sp³-hybridized carbons (Fsp3) is 0.167. The maximum atomic E-state index is 11.3. The normalized spacial score (nSPS) is 10.6. The third kappa shape index (κ3) is 2.44. The average molecular weight is 295 g/mol. The molecule has 0 saturated heterocycles. The lowest BCUT2D eigenvalue weighted by atomic mass is 10.2. The van der Waals surface area contributed by atoms with Crippen molar-refractivity contribution in [1.82, 2.24) is 4.40 Å². The molecule has 1 aromatic carbocycles. The molecular formula is C18H17NO3. The number of carbonyl (C=O) groups is 1. The van der Waals surface area contributed by atoms with Crippen LogP contribution < -0.4 is 9.47 Å². The van der Waals surface area contributed by atoms with E-state index in [0.717, 1.165) is 34.4 Å². The van der Waals surface area contributed by atoms with Gasteiger partial charge in [-0.25, -0.2) is 0 Å². The summed E-state index contributed by atoms with van der Waals surface area (Å²) in [6.07, 6.45) is 2.73. The maximum absolute atomic E-state index is 11.3. The molecule has 0 spiro atoms. The molecule has 22 heavy (non-hydrogen) atoms. The number of ether oxygens (including phenoxy) is 2. The molecule has 0 fully saturated rings. The third-order valence-electron chi connectivity index (χ3n) is 3.71. The lowest BCUT2D eigenvalue weighted by Crippen LogP contribution is -1.97. The number of pyridine rings is 1. The number of nitrogens with zero attached hydrogens (tertiary/aromatic N) is 1. The Kier molecular flexibility index (Phi) is 3.83. The summed E-state index contributed by atoms with van der Waals surface area (Å²) in [6, 6.07) is 13.5. The van der Waals surface area contributed by atoms with E-state index in [2.05, 4.69) is 0 Å². The molecule has 0 N–H and O–H groups in total. The van der Waals surface area contributed by atoms with Crippen LogP contribution in [0.4, 0.5) is 0 Å². The number of hydrogen-bond acceptors (Lipinski definition) is 3. The van der Waals surface area contributed by atoms with Gasteiger partial charge in [-0.15, -0.1) is 0 Å². The van der Waals surface area contributed by atoms with Crippen LogP contribution in [0, 0.1) is 6.92 Å². The Labute approximate surface area is 128 Å². The highest BCUT2D eigenvalue weighted by molar-refractivity contribution is 5.83. The Bertz CT molecular complexity index is 820. The second-order valence-corrected chi connectivity index (χ2v) is 5.05. The van der Waals surface area contributed by atoms with Gasteiger partial charge in [0.25, 0.3) is 0 Å². The van der Waals surface area contributed by atoms with Crippen molar-refractivity contribution in [3.63, 3.8) is 0 Å². The zero-order valence-corrected chi connectivity index (χ0v) is 12.6. The van der Waals surface area contributed by atoms with Gasteiger partial charge < -0.3 is 13.9 Å². The van der Waals surface area contributed by atoms with Gasteiger partial charge in [-0.1, -0.05) is 18.2 Å². The smallest absolute Gasteiger partial charge is 0.167 e. The van der Waals surface area contributed by atoms with Crippen LogP contribution in [0.15, 0.2) is 48.7 Å². The summed E-state index contributed by atoms with van der Waals surface area (Å²) < 4.78 is 13.0. The van der Waals surface area contributed by atoms with Gasteiger partial charge in [0, 0.05) is 11.8 Å². The summed E-state index contributed by atoms with van der Waals surface area (Å²) in [4.78, 5) is 11.3. The van der Waals surface area contributed by atoms with Gasteiger partial charge in [-0.2, -0.15) is 0 Å². The number of aldehydes is 1. The van der Waals surface area contributed by atoms with Crippen molar-refractivity contribution in [2.24, 2.45) is 0 Å². The number of hydrogen-bond donors (Lipinski definition) is 0. The van der Waals surface area contributed by atoms with Crippen molar-refractivity contribution in [3.05, 3.63) is 65.5 Å². The molecule has 4 heteroatoms. The fourth-order valence-corrected chi connectivity index (χ4v) is 2.57. The number of carbonyl (C=O) groups excluding carboxylic acids is 1. The summed E-state index contributed by atoms with van der Waals surface area (Å²) in [5.74, 6) is 1.54. The Hall–Kier alpha value is -2.75. The number of methoxy groups -OCH3 is 1. The minimum Gasteiger partial charge on any atom is -0.497 e. The van der Waals surface area contributed by atoms with E-state index in [1.807, 2.05) is 60.0 Å². The van der Waals surface area contributed by atoms with Crippen molar-refractivity contribution in [2.45, 2.75) is 13.5 Å². The summed E-state index contributed by atoms with van der Waals surface area (Å²) in [7, 11) is 1.64. The molecule has 0 radical (unpaired) electrons. The van der Waals surface area contributed by atoms with Gasteiger partial charge in [0.2, 0.25) is 0 Å². The van der Waals surface area contributed by atoms with Crippen LogP contribution in [0.2, 0.25) is 0 Å². The zero-order chi connectivity index (χ0) is 15.5. The second kappa shape index (κ2) is 5.93. The average Bonchev–Trinajstić information content (AvgIpc) is 2.84. The largest absolute Gasteiger partial charge is 0.497 e. The lowest BCUT2D eigenvalue weighted by molar-refractivity contribution is 0.111. The molecule has 2 heterocycles. The minimum atomic E-state index is 0.422. The molecule has 3 aromatic rings. The maximum Gasteiger partial charge on any atom is 0.167 e. The minimum absolute atomic E-state index is 0.422. The molecule has 2 aromatic heterocycles. The molecule has 0 amide bonds. The van der Waals surface area contributed by atoms with Gasteiger partial charge in [0.15, 0.2) is 6.29 Å². The van der Waals surface area contributed by atoms with Crippen molar-refractivity contribution in [3.8, 4) is 11.5 Å². The Balaban J connectivity index is 1.93. The predicted molar refractivity (Wildman–Crippen MR) is 84.8 cm³/mol. The number of rotatable bonds is 5. The van der Waals surface area contributed by atoms with Gasteiger partial charge in [-0.05, 0) is 36.8 Å². The Morgan fingerprint density at radius 1 is 1.18 bits per heavy atom. The van der Waals surface area contributed by atoms with Crippen LogP contribution in [-0.2, 0) is 6.61 Å². The standard InChI is InChI=1S/C18H17NO3/c1-13-17(11-20)19-9-4-3-8-16(19)18(13)22-12-14-6-5-7-15(10-14)21-2/h3-11H,12H2,1-2H3. The quantitative estimate of drug-likeness (QED) is 0.675. The highest BCUT2D eigenvalue weighted by atomic mass is 16.5. The van der Waals surface area contributed by atoms with Crippen molar-refractivity contribution in [2.75, 3.05) is 7.11 Å². The zero-order valence-electron chi connectivity index (χ0n) is 12.6. The van der Waals surface area contributed by atoms with E-state index in [1.54, 1.807) is 7.11 Å². The Morgan fingerprint density at radius 2 is 2.05 bits per heavy atom. The SMILES string of the molecule is COc1cccc(COc2c(C)c(C=O)n3ccccc23)c1. The molecule has 0 aliphatic heterocycles. The number of fused-ring (bicyclic) bond motifs is 1. The van der Waals surface area contributed by atoms with Crippen LogP contribution >= 0.6 is 0 Å². The predicted octanol–water partition coefficient (Wildman–Crippen LogP) is 3.65. The van der Waals surface area contributed by atoms with Crippen LogP contribution in [-0.4, -0.2) is 17.8 Å². The molecule has 0 unspecified atom stereocenters. The second-order valence-electron chi connectivity index (χ2n) is 5.05. The monoisotopic (exact) mass is 295 g/mol. The van der Waals surface area contributed by atoms with Crippen molar-refractivity contribution in [1.29, 1.82) is 0 Å². The molecule has 3 rings (SSSR count). The summed E-state index contributed by atoms with van der Waals surface area (Å²) in [6.45, 7) is 2.32. The first kappa shape index (κ1) is 14.2. The molecule has 0 aliphatic rings. The van der Waals surface area contributed by atoms with E-state index in [-0.39, 0.29) is 0 Å². The lowest BCUT2D eigenvalue weighted by Gasteiger charge is -2.08. The van der Waals surface area contributed by atoms with E-state index in [1.165, 1.54) is 0 Å². The molecule has 0 aliphatic carbocycles. The molecule has 112 valence electrons. The van der Waals surface area contributed by atoms with Gasteiger partial charge in [0.05, 0.1) is 18.3 Å². The fourth-order valence-electron chi connectivity index (χ4n) is 2.57. The first-order chi connectivity index (χ1) is 10.7.